The Balaban J connectivity index is 1.21. The maximum atomic E-state index is 12.8. The van der Waals surface area contributed by atoms with Gasteiger partial charge >= 0.3 is 0 Å². The number of thiazole rings is 1. The highest BCUT2D eigenvalue weighted by Crippen LogP contribution is 2.23. The van der Waals surface area contributed by atoms with E-state index in [0.717, 1.165) is 25.1 Å². The zero-order valence-corrected chi connectivity index (χ0v) is 18.8. The Morgan fingerprint density at radius 3 is 2.68 bits per heavy atom. The van der Waals surface area contributed by atoms with Crippen LogP contribution in [0.15, 0.2) is 29.6 Å². The average molecular weight is 464 g/mol. The topological polar surface area (TPSA) is 86.8 Å². The van der Waals surface area contributed by atoms with E-state index in [1.54, 1.807) is 22.4 Å². The second-order valence-corrected chi connectivity index (χ2v) is 8.97. The Morgan fingerprint density at radius 1 is 1.19 bits per heavy atom. The van der Waals surface area contributed by atoms with E-state index in [1.807, 2.05) is 12.1 Å². The molecule has 2 aliphatic rings. The van der Waals surface area contributed by atoms with E-state index in [4.69, 9.17) is 16.3 Å². The van der Waals surface area contributed by atoms with Gasteiger partial charge in [-0.15, -0.1) is 11.3 Å². The minimum absolute atomic E-state index is 0.00712. The number of halogens is 1. The van der Waals surface area contributed by atoms with Crippen LogP contribution in [0.2, 0.25) is 5.02 Å². The molecule has 1 aromatic carbocycles. The molecule has 3 heterocycles. The molecule has 2 aromatic rings. The molecule has 166 valence electrons. The largest absolute Gasteiger partial charge is 0.376 e. The third-order valence-electron chi connectivity index (χ3n) is 5.40. The number of nitrogens with one attached hydrogen (secondary N) is 2. The third kappa shape index (κ3) is 6.16. The van der Waals surface area contributed by atoms with Gasteiger partial charge < -0.3 is 20.3 Å². The number of amides is 2. The highest BCUT2D eigenvalue weighted by molar-refractivity contribution is 7.14. The molecule has 1 aromatic heterocycles. The van der Waals surface area contributed by atoms with Crippen LogP contribution in [0.5, 0.6) is 0 Å². The minimum atomic E-state index is -0.0807. The predicted molar refractivity (Wildman–Crippen MR) is 121 cm³/mol. The molecule has 4 rings (SSSR count). The van der Waals surface area contributed by atoms with Crippen molar-refractivity contribution in [1.29, 1.82) is 0 Å². The maximum absolute atomic E-state index is 12.8. The van der Waals surface area contributed by atoms with Gasteiger partial charge in [0.15, 0.2) is 5.13 Å². The second-order valence-electron chi connectivity index (χ2n) is 7.68. The number of hydrogen-bond donors (Lipinski definition) is 2. The molecule has 0 aliphatic carbocycles. The van der Waals surface area contributed by atoms with Crippen molar-refractivity contribution in [3.05, 3.63) is 40.4 Å². The molecular formula is C21H26ClN5O3S. The fraction of sp³-hybridized carbons (Fsp3) is 0.476. The number of carbonyl (C=O) groups is 2. The summed E-state index contributed by atoms with van der Waals surface area (Å²) < 4.78 is 5.53. The summed E-state index contributed by atoms with van der Waals surface area (Å²) in [6, 6.07) is 7.32. The summed E-state index contributed by atoms with van der Waals surface area (Å²) in [7, 11) is 0. The Morgan fingerprint density at radius 2 is 1.97 bits per heavy atom. The van der Waals surface area contributed by atoms with Gasteiger partial charge in [0.25, 0.3) is 5.91 Å². The van der Waals surface area contributed by atoms with Crippen molar-refractivity contribution in [2.75, 3.05) is 51.2 Å². The van der Waals surface area contributed by atoms with Crippen molar-refractivity contribution in [2.45, 2.75) is 18.9 Å². The summed E-state index contributed by atoms with van der Waals surface area (Å²) in [5.74, 6) is -0.0735. The number of anilines is 2. The van der Waals surface area contributed by atoms with Crippen molar-refractivity contribution in [3.8, 4) is 0 Å². The van der Waals surface area contributed by atoms with Crippen molar-refractivity contribution in [3.63, 3.8) is 0 Å². The van der Waals surface area contributed by atoms with Crippen LogP contribution >= 0.6 is 22.9 Å². The number of aromatic nitrogens is 1. The molecule has 0 bridgehead atoms. The minimum Gasteiger partial charge on any atom is -0.376 e. The van der Waals surface area contributed by atoms with Gasteiger partial charge in [0, 0.05) is 55.4 Å². The van der Waals surface area contributed by atoms with Crippen LogP contribution in [0.3, 0.4) is 0 Å². The van der Waals surface area contributed by atoms with Gasteiger partial charge in [-0.2, -0.15) is 0 Å². The lowest BCUT2D eigenvalue weighted by molar-refractivity contribution is -0.123. The lowest BCUT2D eigenvalue weighted by Gasteiger charge is -2.34. The third-order valence-corrected chi connectivity index (χ3v) is 6.41. The van der Waals surface area contributed by atoms with Gasteiger partial charge in [-0.1, -0.05) is 11.6 Å². The van der Waals surface area contributed by atoms with Crippen LogP contribution in [0.25, 0.3) is 0 Å². The molecule has 2 N–H and O–H groups in total. The molecule has 31 heavy (non-hydrogen) atoms. The van der Waals surface area contributed by atoms with E-state index in [0.29, 0.717) is 55.1 Å². The number of nitrogens with zero attached hydrogens (tertiary/aromatic N) is 3. The van der Waals surface area contributed by atoms with Crippen molar-refractivity contribution in [2.24, 2.45) is 0 Å². The summed E-state index contributed by atoms with van der Waals surface area (Å²) >= 11 is 7.29. The molecular weight excluding hydrogens is 438 g/mol. The normalized spacial score (nSPS) is 19.4. The fourth-order valence-electron chi connectivity index (χ4n) is 3.65. The smallest absolute Gasteiger partial charge is 0.273 e. The zero-order valence-electron chi connectivity index (χ0n) is 17.2. The van der Waals surface area contributed by atoms with Gasteiger partial charge in [0.1, 0.15) is 5.69 Å². The van der Waals surface area contributed by atoms with E-state index in [1.165, 1.54) is 11.3 Å². The Kier molecular flexibility index (Phi) is 7.39. The second kappa shape index (κ2) is 10.4. The Hall–Kier alpha value is -2.20. The van der Waals surface area contributed by atoms with E-state index in [-0.39, 0.29) is 17.9 Å². The number of rotatable bonds is 7. The standard InChI is InChI=1S/C21H26ClN5O3S/c22-15-3-5-16(6-4-15)24-21-25-18(14-31-21)20(29)27-9-7-26(8-10-27)13-19(28)23-12-17-2-1-11-30-17/h3-6,14,17H,1-2,7-13H2,(H,23,28)(H,24,25)/t17-/m0/s1. The predicted octanol–water partition coefficient (Wildman–Crippen LogP) is 2.59. The van der Waals surface area contributed by atoms with E-state index >= 15 is 0 Å². The molecule has 0 saturated carbocycles. The molecule has 2 amide bonds. The fourth-order valence-corrected chi connectivity index (χ4v) is 4.48. The maximum Gasteiger partial charge on any atom is 0.273 e. The van der Waals surface area contributed by atoms with Gasteiger partial charge in [0.05, 0.1) is 12.6 Å². The van der Waals surface area contributed by atoms with Crippen LogP contribution in [0, 0.1) is 0 Å². The van der Waals surface area contributed by atoms with Crippen LogP contribution in [-0.2, 0) is 9.53 Å². The number of carbonyl (C=O) groups excluding carboxylic acids is 2. The quantitative estimate of drug-likeness (QED) is 0.656. The van der Waals surface area contributed by atoms with Crippen LogP contribution in [-0.4, -0.2) is 78.6 Å². The monoisotopic (exact) mass is 463 g/mol. The lowest BCUT2D eigenvalue weighted by Crippen LogP contribution is -2.51. The first-order valence-electron chi connectivity index (χ1n) is 10.4. The molecule has 1 atom stereocenters. The van der Waals surface area contributed by atoms with Crippen LogP contribution in [0.1, 0.15) is 23.3 Å². The molecule has 2 aliphatic heterocycles. The van der Waals surface area contributed by atoms with Crippen molar-refractivity contribution < 1.29 is 14.3 Å². The van der Waals surface area contributed by atoms with Gasteiger partial charge in [0.2, 0.25) is 5.91 Å². The first kappa shape index (κ1) is 22.0. The summed E-state index contributed by atoms with van der Waals surface area (Å²) in [6.07, 6.45) is 2.22. The van der Waals surface area contributed by atoms with Crippen molar-refractivity contribution >= 4 is 45.6 Å². The first-order chi connectivity index (χ1) is 15.1. The summed E-state index contributed by atoms with van der Waals surface area (Å²) in [4.78, 5) is 33.3. The number of ether oxygens (including phenoxy) is 1. The zero-order chi connectivity index (χ0) is 21.6. The summed E-state index contributed by atoms with van der Waals surface area (Å²) in [5.41, 5.74) is 1.30. The Labute approximate surface area is 190 Å². The SMILES string of the molecule is O=C(CN1CCN(C(=O)c2csc(Nc3ccc(Cl)cc3)n2)CC1)NC[C@@H]1CCCO1. The summed E-state index contributed by atoms with van der Waals surface area (Å²) in [6.45, 7) is 4.20. The van der Waals surface area contributed by atoms with Gasteiger partial charge in [-0.05, 0) is 37.1 Å². The molecule has 2 saturated heterocycles. The van der Waals surface area contributed by atoms with E-state index in [9.17, 15) is 9.59 Å². The highest BCUT2D eigenvalue weighted by atomic mass is 35.5. The van der Waals surface area contributed by atoms with E-state index < -0.39 is 0 Å². The molecule has 8 nitrogen and oxygen atoms in total. The van der Waals surface area contributed by atoms with Crippen molar-refractivity contribution in [1.82, 2.24) is 20.1 Å². The Bertz CT molecular complexity index is 893. The number of benzene rings is 1. The molecule has 0 spiro atoms. The van der Waals surface area contributed by atoms with Gasteiger partial charge in [-0.25, -0.2) is 4.98 Å². The summed E-state index contributed by atoms with van der Waals surface area (Å²) in [5, 5.41) is 9.23. The molecule has 0 radical (unpaired) electrons. The first-order valence-corrected chi connectivity index (χ1v) is 11.7. The van der Waals surface area contributed by atoms with Crippen LogP contribution in [0.4, 0.5) is 10.8 Å². The highest BCUT2D eigenvalue weighted by Gasteiger charge is 2.25. The molecule has 2 fully saturated rings. The van der Waals surface area contributed by atoms with E-state index in [2.05, 4.69) is 20.5 Å². The van der Waals surface area contributed by atoms with Gasteiger partial charge in [-0.3, -0.25) is 14.5 Å². The number of hydrogen-bond acceptors (Lipinski definition) is 7. The average Bonchev–Trinajstić information content (AvgIpc) is 3.46. The van der Waals surface area contributed by atoms with Crippen LogP contribution < -0.4 is 10.6 Å². The molecule has 10 heteroatoms. The molecule has 0 unspecified atom stereocenters. The number of piperazine rings is 1. The lowest BCUT2D eigenvalue weighted by atomic mass is 10.2.